The number of fused-ring (bicyclic) bond motifs is 1. The topological polar surface area (TPSA) is 30.7 Å². The molecule has 0 saturated heterocycles. The van der Waals surface area contributed by atoms with Gasteiger partial charge in [0.1, 0.15) is 11.3 Å². The largest absolute Gasteiger partial charge is 0.306 e. The molecular formula is C14H20ClN3. The van der Waals surface area contributed by atoms with Gasteiger partial charge in [-0.15, -0.1) is 11.6 Å². The molecule has 4 heteroatoms. The van der Waals surface area contributed by atoms with Gasteiger partial charge in [-0.1, -0.05) is 13.8 Å². The van der Waals surface area contributed by atoms with Gasteiger partial charge < -0.3 is 4.57 Å². The molecule has 0 amide bonds. The van der Waals surface area contributed by atoms with Crippen LogP contribution in [-0.2, 0) is 11.4 Å². The van der Waals surface area contributed by atoms with Gasteiger partial charge in [0.05, 0.1) is 5.88 Å². The standard InChI is InChI=1S/C14H20ClN3/c1-5-14(4,6-2)18-12(8-15)17-11-7-10(3)9-16-13(11)18/h7,9H,5-6,8H2,1-4H3. The van der Waals surface area contributed by atoms with Crippen LogP contribution in [0.1, 0.15) is 45.0 Å². The van der Waals surface area contributed by atoms with E-state index in [0.717, 1.165) is 35.4 Å². The van der Waals surface area contributed by atoms with Crippen molar-refractivity contribution in [2.75, 3.05) is 0 Å². The lowest BCUT2D eigenvalue weighted by molar-refractivity contribution is 0.294. The van der Waals surface area contributed by atoms with Gasteiger partial charge in [-0.05, 0) is 38.3 Å². The number of aryl methyl sites for hydroxylation is 1. The van der Waals surface area contributed by atoms with Crippen molar-refractivity contribution in [3.05, 3.63) is 23.7 Å². The van der Waals surface area contributed by atoms with Crippen molar-refractivity contribution in [3.63, 3.8) is 0 Å². The second-order valence-electron chi connectivity index (χ2n) is 5.06. The Morgan fingerprint density at radius 2 is 2.00 bits per heavy atom. The summed E-state index contributed by atoms with van der Waals surface area (Å²) in [6, 6.07) is 2.07. The summed E-state index contributed by atoms with van der Waals surface area (Å²) in [6.45, 7) is 8.67. The summed E-state index contributed by atoms with van der Waals surface area (Å²) < 4.78 is 2.22. The molecule has 0 N–H and O–H groups in total. The van der Waals surface area contributed by atoms with Crippen LogP contribution in [0.4, 0.5) is 0 Å². The number of hydrogen-bond acceptors (Lipinski definition) is 2. The molecule has 0 saturated carbocycles. The third-order valence-electron chi connectivity index (χ3n) is 3.89. The van der Waals surface area contributed by atoms with E-state index in [1.165, 1.54) is 0 Å². The summed E-state index contributed by atoms with van der Waals surface area (Å²) in [4.78, 5) is 9.18. The highest BCUT2D eigenvalue weighted by Crippen LogP contribution is 2.30. The van der Waals surface area contributed by atoms with E-state index in [0.29, 0.717) is 5.88 Å². The summed E-state index contributed by atoms with van der Waals surface area (Å²) >= 11 is 6.05. The Labute approximate surface area is 113 Å². The van der Waals surface area contributed by atoms with E-state index in [9.17, 15) is 0 Å². The zero-order valence-corrected chi connectivity index (χ0v) is 12.3. The van der Waals surface area contributed by atoms with E-state index in [1.54, 1.807) is 0 Å². The molecule has 0 radical (unpaired) electrons. The molecule has 3 nitrogen and oxygen atoms in total. The molecule has 2 heterocycles. The normalized spacial score (nSPS) is 12.3. The first kappa shape index (κ1) is 13.3. The Morgan fingerprint density at radius 1 is 1.33 bits per heavy atom. The summed E-state index contributed by atoms with van der Waals surface area (Å²) in [5.74, 6) is 1.33. The number of aromatic nitrogens is 3. The molecule has 0 spiro atoms. The minimum atomic E-state index is 0.0290. The molecule has 0 aliphatic rings. The number of rotatable bonds is 4. The van der Waals surface area contributed by atoms with Crippen molar-refractivity contribution in [1.29, 1.82) is 0 Å². The van der Waals surface area contributed by atoms with Crippen molar-refractivity contribution in [2.45, 2.75) is 52.0 Å². The molecule has 98 valence electrons. The van der Waals surface area contributed by atoms with E-state index >= 15 is 0 Å². The maximum atomic E-state index is 6.05. The van der Waals surface area contributed by atoms with Crippen molar-refractivity contribution < 1.29 is 0 Å². The second kappa shape index (κ2) is 4.88. The van der Waals surface area contributed by atoms with Crippen LogP contribution in [0.15, 0.2) is 12.3 Å². The maximum absolute atomic E-state index is 6.05. The van der Waals surface area contributed by atoms with E-state index in [1.807, 2.05) is 13.1 Å². The van der Waals surface area contributed by atoms with Crippen LogP contribution in [0, 0.1) is 6.92 Å². The Kier molecular flexibility index (Phi) is 3.62. The zero-order chi connectivity index (χ0) is 13.3. The molecule has 0 aromatic carbocycles. The molecule has 0 unspecified atom stereocenters. The van der Waals surface area contributed by atoms with Crippen LogP contribution in [0.5, 0.6) is 0 Å². The first-order chi connectivity index (χ1) is 8.55. The lowest BCUT2D eigenvalue weighted by atomic mass is 9.95. The monoisotopic (exact) mass is 265 g/mol. The maximum Gasteiger partial charge on any atom is 0.160 e. The number of halogens is 1. The number of nitrogens with zero attached hydrogens (tertiary/aromatic N) is 3. The van der Waals surface area contributed by atoms with Crippen LogP contribution in [0.25, 0.3) is 11.2 Å². The van der Waals surface area contributed by atoms with E-state index < -0.39 is 0 Å². The Morgan fingerprint density at radius 3 is 2.56 bits per heavy atom. The first-order valence-electron chi connectivity index (χ1n) is 6.46. The summed E-state index contributed by atoms with van der Waals surface area (Å²) in [5.41, 5.74) is 3.05. The van der Waals surface area contributed by atoms with Gasteiger partial charge in [0.2, 0.25) is 0 Å². The van der Waals surface area contributed by atoms with E-state index in [2.05, 4.69) is 41.4 Å². The first-order valence-corrected chi connectivity index (χ1v) is 6.99. The zero-order valence-electron chi connectivity index (χ0n) is 11.5. The molecule has 2 aromatic rings. The van der Waals surface area contributed by atoms with Crippen LogP contribution in [0.2, 0.25) is 0 Å². The average Bonchev–Trinajstić information content (AvgIpc) is 2.75. The molecule has 0 aliphatic carbocycles. The third kappa shape index (κ3) is 2.01. The van der Waals surface area contributed by atoms with E-state index in [4.69, 9.17) is 11.6 Å². The van der Waals surface area contributed by atoms with Gasteiger partial charge in [-0.2, -0.15) is 0 Å². The predicted molar refractivity (Wildman–Crippen MR) is 76.1 cm³/mol. The number of imidazole rings is 1. The third-order valence-corrected chi connectivity index (χ3v) is 4.13. The fourth-order valence-electron chi connectivity index (χ4n) is 2.34. The second-order valence-corrected chi connectivity index (χ2v) is 5.32. The van der Waals surface area contributed by atoms with Gasteiger partial charge in [-0.25, -0.2) is 9.97 Å². The van der Waals surface area contributed by atoms with Gasteiger partial charge in [-0.3, -0.25) is 0 Å². The number of alkyl halides is 1. The van der Waals surface area contributed by atoms with Gasteiger partial charge in [0, 0.05) is 11.7 Å². The molecule has 18 heavy (non-hydrogen) atoms. The highest BCUT2D eigenvalue weighted by atomic mass is 35.5. The highest BCUT2D eigenvalue weighted by molar-refractivity contribution is 6.16. The van der Waals surface area contributed by atoms with Crippen molar-refractivity contribution in [1.82, 2.24) is 14.5 Å². The smallest absolute Gasteiger partial charge is 0.160 e. The van der Waals surface area contributed by atoms with Gasteiger partial charge in [0.15, 0.2) is 5.65 Å². The Bertz CT molecular complexity index is 555. The molecular weight excluding hydrogens is 246 g/mol. The lowest BCUT2D eigenvalue weighted by Gasteiger charge is -2.30. The number of hydrogen-bond donors (Lipinski definition) is 0. The van der Waals surface area contributed by atoms with Crippen molar-refractivity contribution in [3.8, 4) is 0 Å². The molecule has 0 aliphatic heterocycles. The summed E-state index contributed by atoms with van der Waals surface area (Å²) in [7, 11) is 0. The molecule has 2 aromatic heterocycles. The fraction of sp³-hybridized carbons (Fsp3) is 0.571. The van der Waals surface area contributed by atoms with Crippen LogP contribution < -0.4 is 0 Å². The van der Waals surface area contributed by atoms with Crippen LogP contribution >= 0.6 is 11.6 Å². The minimum absolute atomic E-state index is 0.0290. The quantitative estimate of drug-likeness (QED) is 0.782. The average molecular weight is 266 g/mol. The van der Waals surface area contributed by atoms with Crippen LogP contribution in [0.3, 0.4) is 0 Å². The number of pyridine rings is 1. The lowest BCUT2D eigenvalue weighted by Crippen LogP contribution is -2.30. The van der Waals surface area contributed by atoms with Crippen LogP contribution in [-0.4, -0.2) is 14.5 Å². The summed E-state index contributed by atoms with van der Waals surface area (Å²) in [5, 5.41) is 0. The Balaban J connectivity index is 2.75. The Hall–Kier alpha value is -1.09. The van der Waals surface area contributed by atoms with Crippen molar-refractivity contribution in [2.24, 2.45) is 0 Å². The van der Waals surface area contributed by atoms with Gasteiger partial charge in [0.25, 0.3) is 0 Å². The van der Waals surface area contributed by atoms with Gasteiger partial charge >= 0.3 is 0 Å². The summed E-state index contributed by atoms with van der Waals surface area (Å²) in [6.07, 6.45) is 3.97. The molecule has 0 bridgehead atoms. The molecule has 2 rings (SSSR count). The molecule has 0 fully saturated rings. The minimum Gasteiger partial charge on any atom is -0.306 e. The van der Waals surface area contributed by atoms with Crippen molar-refractivity contribution >= 4 is 22.8 Å². The predicted octanol–water partition coefficient (Wildman–Crippen LogP) is 4.01. The molecule has 0 atom stereocenters. The SMILES string of the molecule is CCC(C)(CC)n1c(CCl)nc2cc(C)cnc21. The highest BCUT2D eigenvalue weighted by Gasteiger charge is 2.27. The fourth-order valence-corrected chi connectivity index (χ4v) is 2.51. The van der Waals surface area contributed by atoms with E-state index in [-0.39, 0.29) is 5.54 Å².